The van der Waals surface area contributed by atoms with Gasteiger partial charge in [-0.1, -0.05) is 36.4 Å². The summed E-state index contributed by atoms with van der Waals surface area (Å²) in [6.45, 7) is 0. The smallest absolute Gasteiger partial charge is 0.207 e. The molecule has 3 heterocycles. The minimum atomic E-state index is 0.651. The molecule has 0 spiro atoms. The van der Waals surface area contributed by atoms with Gasteiger partial charge in [-0.15, -0.1) is 0 Å². The quantitative estimate of drug-likeness (QED) is 0.506. The van der Waals surface area contributed by atoms with Gasteiger partial charge in [-0.05, 0) is 24.3 Å². The predicted octanol–water partition coefficient (Wildman–Crippen LogP) is 5.40. The maximum atomic E-state index is 5.55. The second-order valence-corrected chi connectivity index (χ2v) is 4.99. The molecule has 4 heteroatoms. The predicted molar refractivity (Wildman–Crippen MR) is 88.9 cm³/mol. The van der Waals surface area contributed by atoms with E-state index in [4.69, 9.17) is 13.8 Å². The van der Waals surface area contributed by atoms with E-state index in [2.05, 4.69) is 0 Å². The fourth-order valence-electron chi connectivity index (χ4n) is 2.45. The lowest BCUT2D eigenvalue weighted by molar-refractivity contribution is 0.538. The van der Waals surface area contributed by atoms with E-state index in [1.807, 2.05) is 77.7 Å². The Balaban J connectivity index is 1.81. The molecule has 4 aromatic rings. The summed E-state index contributed by atoms with van der Waals surface area (Å²) in [6.07, 6.45) is 3.26. The van der Waals surface area contributed by atoms with E-state index in [1.54, 1.807) is 12.5 Å². The first-order valence-corrected chi connectivity index (χ1v) is 7.31. The zero-order valence-corrected chi connectivity index (χ0v) is 12.3. The van der Waals surface area contributed by atoms with Crippen LogP contribution in [0.5, 0.6) is 0 Å². The molecule has 1 aromatic carbocycles. The molecule has 0 atom stereocenters. The third kappa shape index (κ3) is 2.62. The first kappa shape index (κ1) is 13.4. The Morgan fingerprint density at radius 2 is 1.35 bits per heavy atom. The molecular formula is C19H14N2O2. The summed E-state index contributed by atoms with van der Waals surface area (Å²) >= 11 is 0. The van der Waals surface area contributed by atoms with Crippen molar-refractivity contribution in [1.82, 2.24) is 4.98 Å². The minimum Gasteiger partial charge on any atom is -0.448 e. The Bertz CT molecular complexity index is 835. The van der Waals surface area contributed by atoms with Gasteiger partial charge in [-0.2, -0.15) is 0 Å². The molecule has 0 saturated heterocycles. The van der Waals surface area contributed by atoms with Crippen molar-refractivity contribution in [3.8, 4) is 11.3 Å². The van der Waals surface area contributed by atoms with Crippen LogP contribution in [-0.4, -0.2) is 4.98 Å². The average molecular weight is 302 g/mol. The lowest BCUT2D eigenvalue weighted by Crippen LogP contribution is -2.10. The van der Waals surface area contributed by atoms with E-state index in [-0.39, 0.29) is 0 Å². The SMILES string of the molecule is c1ccc(-c2cccc(N(c3ccco3)c3ccco3)n2)cc1. The molecule has 0 fully saturated rings. The number of anilines is 3. The van der Waals surface area contributed by atoms with E-state index in [0.29, 0.717) is 11.8 Å². The molecule has 0 aliphatic heterocycles. The first-order valence-electron chi connectivity index (χ1n) is 7.31. The van der Waals surface area contributed by atoms with Crippen molar-refractivity contribution in [3.05, 3.63) is 85.3 Å². The van der Waals surface area contributed by atoms with Crippen molar-refractivity contribution >= 4 is 17.6 Å². The average Bonchev–Trinajstić information content (AvgIpc) is 3.31. The van der Waals surface area contributed by atoms with Crippen LogP contribution < -0.4 is 4.90 Å². The molecule has 0 N–H and O–H groups in total. The summed E-state index contributed by atoms with van der Waals surface area (Å²) in [5.74, 6) is 2.03. The molecule has 0 bridgehead atoms. The van der Waals surface area contributed by atoms with Gasteiger partial charge in [-0.3, -0.25) is 0 Å². The molecule has 23 heavy (non-hydrogen) atoms. The van der Waals surface area contributed by atoms with Crippen molar-refractivity contribution in [1.29, 1.82) is 0 Å². The van der Waals surface area contributed by atoms with Crippen LogP contribution in [0.1, 0.15) is 0 Å². The molecular weight excluding hydrogens is 288 g/mol. The normalized spacial score (nSPS) is 10.6. The highest BCUT2D eigenvalue weighted by molar-refractivity contribution is 5.70. The molecule has 3 aromatic heterocycles. The van der Waals surface area contributed by atoms with Gasteiger partial charge < -0.3 is 8.83 Å². The maximum absolute atomic E-state index is 5.55. The Kier molecular flexibility index (Phi) is 3.41. The van der Waals surface area contributed by atoms with Crippen LogP contribution in [0.4, 0.5) is 17.6 Å². The number of hydrogen-bond acceptors (Lipinski definition) is 4. The zero-order chi connectivity index (χ0) is 15.5. The highest BCUT2D eigenvalue weighted by Crippen LogP contribution is 2.34. The summed E-state index contributed by atoms with van der Waals surface area (Å²) < 4.78 is 11.1. The van der Waals surface area contributed by atoms with Crippen LogP contribution >= 0.6 is 0 Å². The standard InChI is InChI=1S/C19H14N2O2/c1-2-7-15(8-3-1)16-9-4-10-17(20-16)21(18-11-5-13-22-18)19-12-6-14-23-19/h1-14H. The fraction of sp³-hybridized carbons (Fsp3) is 0. The van der Waals surface area contributed by atoms with Gasteiger partial charge in [0.2, 0.25) is 11.8 Å². The van der Waals surface area contributed by atoms with E-state index in [0.717, 1.165) is 17.1 Å². The highest BCUT2D eigenvalue weighted by Gasteiger charge is 2.18. The molecule has 0 amide bonds. The van der Waals surface area contributed by atoms with Gasteiger partial charge in [0.25, 0.3) is 0 Å². The van der Waals surface area contributed by atoms with E-state index in [1.165, 1.54) is 0 Å². The van der Waals surface area contributed by atoms with Gasteiger partial charge >= 0.3 is 0 Å². The van der Waals surface area contributed by atoms with Crippen molar-refractivity contribution in [2.75, 3.05) is 4.90 Å². The van der Waals surface area contributed by atoms with Gasteiger partial charge in [0.05, 0.1) is 18.2 Å². The van der Waals surface area contributed by atoms with Crippen molar-refractivity contribution < 1.29 is 8.83 Å². The third-order valence-corrected chi connectivity index (χ3v) is 3.49. The number of furan rings is 2. The topological polar surface area (TPSA) is 42.4 Å². The summed E-state index contributed by atoms with van der Waals surface area (Å²) in [7, 11) is 0. The second kappa shape index (κ2) is 5.85. The van der Waals surface area contributed by atoms with Crippen molar-refractivity contribution in [2.24, 2.45) is 0 Å². The zero-order valence-electron chi connectivity index (χ0n) is 12.3. The Hall–Kier alpha value is -3.27. The molecule has 0 aliphatic rings. The molecule has 4 nitrogen and oxygen atoms in total. The summed E-state index contributed by atoms with van der Waals surface area (Å²) in [5.41, 5.74) is 1.96. The van der Waals surface area contributed by atoms with Crippen molar-refractivity contribution in [2.45, 2.75) is 0 Å². The molecule has 0 unspecified atom stereocenters. The van der Waals surface area contributed by atoms with Crippen LogP contribution in [-0.2, 0) is 0 Å². The summed E-state index contributed by atoms with van der Waals surface area (Å²) in [6, 6.07) is 23.4. The summed E-state index contributed by atoms with van der Waals surface area (Å²) in [5, 5.41) is 0. The Labute approximate surface area is 133 Å². The van der Waals surface area contributed by atoms with Gasteiger partial charge in [-0.25, -0.2) is 9.88 Å². The Morgan fingerprint density at radius 3 is 1.96 bits per heavy atom. The number of benzene rings is 1. The largest absolute Gasteiger partial charge is 0.448 e. The van der Waals surface area contributed by atoms with Crippen LogP contribution in [0, 0.1) is 0 Å². The monoisotopic (exact) mass is 302 g/mol. The molecule has 0 aliphatic carbocycles. The van der Waals surface area contributed by atoms with Gasteiger partial charge in [0.15, 0.2) is 0 Å². The Morgan fingerprint density at radius 1 is 0.652 bits per heavy atom. The molecule has 4 rings (SSSR count). The minimum absolute atomic E-state index is 0.651. The van der Waals surface area contributed by atoms with Crippen LogP contribution in [0.25, 0.3) is 11.3 Å². The fourth-order valence-corrected chi connectivity index (χ4v) is 2.45. The lowest BCUT2D eigenvalue weighted by atomic mass is 10.1. The lowest BCUT2D eigenvalue weighted by Gasteiger charge is -2.18. The van der Waals surface area contributed by atoms with E-state index in [9.17, 15) is 0 Å². The number of rotatable bonds is 4. The molecule has 0 radical (unpaired) electrons. The summed E-state index contributed by atoms with van der Waals surface area (Å²) in [4.78, 5) is 6.60. The van der Waals surface area contributed by atoms with Crippen LogP contribution in [0.3, 0.4) is 0 Å². The van der Waals surface area contributed by atoms with Gasteiger partial charge in [0.1, 0.15) is 5.82 Å². The maximum Gasteiger partial charge on any atom is 0.207 e. The number of hydrogen-bond donors (Lipinski definition) is 0. The number of pyridine rings is 1. The number of aromatic nitrogens is 1. The molecule has 0 saturated carbocycles. The van der Waals surface area contributed by atoms with Crippen molar-refractivity contribution in [3.63, 3.8) is 0 Å². The highest BCUT2D eigenvalue weighted by atomic mass is 16.4. The first-order chi connectivity index (χ1) is 11.4. The van der Waals surface area contributed by atoms with Crippen LogP contribution in [0.15, 0.2) is 94.2 Å². The third-order valence-electron chi connectivity index (χ3n) is 3.49. The van der Waals surface area contributed by atoms with E-state index >= 15 is 0 Å². The van der Waals surface area contributed by atoms with Crippen LogP contribution in [0.2, 0.25) is 0 Å². The van der Waals surface area contributed by atoms with E-state index < -0.39 is 0 Å². The molecule has 112 valence electrons. The number of nitrogens with zero attached hydrogens (tertiary/aromatic N) is 2. The second-order valence-electron chi connectivity index (χ2n) is 4.99. The van der Waals surface area contributed by atoms with Gasteiger partial charge in [0, 0.05) is 17.7 Å².